The minimum atomic E-state index is -0.156. The first kappa shape index (κ1) is 19.8. The summed E-state index contributed by atoms with van der Waals surface area (Å²) in [5.74, 6) is 0.675. The zero-order valence-electron chi connectivity index (χ0n) is 15.7. The molecule has 0 fully saturated rings. The Morgan fingerprint density at radius 1 is 0.964 bits per heavy atom. The molecule has 1 N–H and O–H groups in total. The van der Waals surface area contributed by atoms with E-state index in [0.717, 1.165) is 21.9 Å². The summed E-state index contributed by atoms with van der Waals surface area (Å²) < 4.78 is 0. The first-order valence-corrected chi connectivity index (χ1v) is 10.1. The summed E-state index contributed by atoms with van der Waals surface area (Å²) in [7, 11) is 0. The fourth-order valence-corrected chi connectivity index (χ4v) is 3.45. The second-order valence-electron chi connectivity index (χ2n) is 6.51. The standard InChI is InChI=1S/C23H22N2O2S/c1-17-4-6-19(7-5-17)22(26)12-13-23(27)25-20-8-10-21(11-9-20)28-16-18-3-2-14-24-15-18/h2-11,14-15H,12-13,16H2,1H3,(H,25,27). The number of rotatable bonds is 8. The van der Waals surface area contributed by atoms with Gasteiger partial charge in [-0.3, -0.25) is 14.6 Å². The van der Waals surface area contributed by atoms with Crippen LogP contribution in [0, 0.1) is 6.92 Å². The summed E-state index contributed by atoms with van der Waals surface area (Å²) in [5, 5.41) is 2.85. The predicted octanol–water partition coefficient (Wildman–Crippen LogP) is 5.28. The smallest absolute Gasteiger partial charge is 0.224 e. The van der Waals surface area contributed by atoms with Crippen molar-refractivity contribution in [1.82, 2.24) is 4.98 Å². The van der Waals surface area contributed by atoms with Gasteiger partial charge in [0.15, 0.2) is 5.78 Å². The number of amides is 1. The molecule has 0 bridgehead atoms. The number of carbonyl (C=O) groups is 2. The number of carbonyl (C=O) groups excluding carboxylic acids is 2. The Hall–Kier alpha value is -2.92. The van der Waals surface area contributed by atoms with Crippen molar-refractivity contribution in [3.63, 3.8) is 0 Å². The van der Waals surface area contributed by atoms with E-state index in [1.807, 2.05) is 61.7 Å². The van der Waals surface area contributed by atoms with Gasteiger partial charge in [-0.2, -0.15) is 0 Å². The summed E-state index contributed by atoms with van der Waals surface area (Å²) in [4.78, 5) is 29.5. The summed E-state index contributed by atoms with van der Waals surface area (Å²) >= 11 is 1.72. The van der Waals surface area contributed by atoms with Crippen LogP contribution in [0.5, 0.6) is 0 Å². The zero-order chi connectivity index (χ0) is 19.8. The van der Waals surface area contributed by atoms with Gasteiger partial charge in [-0.1, -0.05) is 35.9 Å². The van der Waals surface area contributed by atoms with Crippen molar-refractivity contribution in [2.24, 2.45) is 0 Å². The highest BCUT2D eigenvalue weighted by Gasteiger charge is 2.09. The quantitative estimate of drug-likeness (QED) is 0.420. The van der Waals surface area contributed by atoms with E-state index >= 15 is 0 Å². The number of ketones is 1. The van der Waals surface area contributed by atoms with Crippen LogP contribution in [0.25, 0.3) is 0 Å². The molecule has 0 saturated carbocycles. The van der Waals surface area contributed by atoms with Gasteiger partial charge in [0.1, 0.15) is 0 Å². The molecule has 0 unspecified atom stereocenters. The highest BCUT2D eigenvalue weighted by atomic mass is 32.2. The lowest BCUT2D eigenvalue weighted by Crippen LogP contribution is -2.13. The van der Waals surface area contributed by atoms with Gasteiger partial charge in [-0.25, -0.2) is 0 Å². The molecule has 1 aromatic heterocycles. The second-order valence-corrected chi connectivity index (χ2v) is 7.56. The summed E-state index contributed by atoms with van der Waals surface area (Å²) in [6.45, 7) is 1.98. The van der Waals surface area contributed by atoms with Gasteiger partial charge in [0.25, 0.3) is 0 Å². The van der Waals surface area contributed by atoms with Crippen LogP contribution in [0.3, 0.4) is 0 Å². The first-order chi connectivity index (χ1) is 13.6. The lowest BCUT2D eigenvalue weighted by molar-refractivity contribution is -0.116. The Bertz CT molecular complexity index is 923. The predicted molar refractivity (Wildman–Crippen MR) is 114 cm³/mol. The maximum absolute atomic E-state index is 12.2. The molecule has 0 saturated heterocycles. The molecule has 3 aromatic rings. The fourth-order valence-electron chi connectivity index (χ4n) is 2.62. The van der Waals surface area contributed by atoms with Crippen molar-refractivity contribution in [3.8, 4) is 0 Å². The Balaban J connectivity index is 1.45. The van der Waals surface area contributed by atoms with Crippen molar-refractivity contribution in [2.45, 2.75) is 30.4 Å². The molecule has 0 spiro atoms. The second kappa shape index (κ2) is 9.85. The molecule has 142 valence electrons. The van der Waals surface area contributed by atoms with Crippen molar-refractivity contribution in [1.29, 1.82) is 0 Å². The molecule has 3 rings (SSSR count). The van der Waals surface area contributed by atoms with E-state index < -0.39 is 0 Å². The average Bonchev–Trinajstić information content (AvgIpc) is 2.73. The van der Waals surface area contributed by atoms with Gasteiger partial charge in [-0.05, 0) is 42.8 Å². The molecule has 1 amide bonds. The number of hydrogen-bond acceptors (Lipinski definition) is 4. The van der Waals surface area contributed by atoms with Gasteiger partial charge in [-0.15, -0.1) is 11.8 Å². The number of nitrogens with zero attached hydrogens (tertiary/aromatic N) is 1. The van der Waals surface area contributed by atoms with Crippen LogP contribution in [-0.2, 0) is 10.5 Å². The van der Waals surface area contributed by atoms with Crippen LogP contribution in [0.1, 0.15) is 34.3 Å². The monoisotopic (exact) mass is 390 g/mol. The van der Waals surface area contributed by atoms with Gasteiger partial charge >= 0.3 is 0 Å². The first-order valence-electron chi connectivity index (χ1n) is 9.11. The molecule has 5 heteroatoms. The molecular weight excluding hydrogens is 368 g/mol. The van der Waals surface area contributed by atoms with Gasteiger partial charge in [0.2, 0.25) is 5.91 Å². The molecule has 0 aliphatic carbocycles. The highest BCUT2D eigenvalue weighted by molar-refractivity contribution is 7.98. The molecule has 0 radical (unpaired) electrons. The Morgan fingerprint density at radius 2 is 1.71 bits per heavy atom. The third-order valence-electron chi connectivity index (χ3n) is 4.22. The maximum atomic E-state index is 12.2. The normalized spacial score (nSPS) is 10.5. The Morgan fingerprint density at radius 3 is 2.39 bits per heavy atom. The number of benzene rings is 2. The molecule has 0 atom stereocenters. The van der Waals surface area contributed by atoms with Gasteiger partial charge in [0, 0.05) is 47.1 Å². The van der Waals surface area contributed by atoms with Crippen molar-refractivity contribution in [3.05, 3.63) is 89.7 Å². The van der Waals surface area contributed by atoms with E-state index in [4.69, 9.17) is 0 Å². The van der Waals surface area contributed by atoms with Gasteiger partial charge < -0.3 is 5.32 Å². The third kappa shape index (κ3) is 6.06. The number of nitrogens with one attached hydrogen (secondary N) is 1. The van der Waals surface area contributed by atoms with Crippen LogP contribution in [0.15, 0.2) is 78.0 Å². The van der Waals surface area contributed by atoms with E-state index in [9.17, 15) is 9.59 Å². The summed E-state index contributed by atoms with van der Waals surface area (Å²) in [6, 6.07) is 19.1. The van der Waals surface area contributed by atoms with Crippen molar-refractivity contribution in [2.75, 3.05) is 5.32 Å². The molecule has 4 nitrogen and oxygen atoms in total. The lowest BCUT2D eigenvalue weighted by Gasteiger charge is -2.07. The largest absolute Gasteiger partial charge is 0.326 e. The number of aryl methyl sites for hydroxylation is 1. The lowest BCUT2D eigenvalue weighted by atomic mass is 10.0. The molecular formula is C23H22N2O2S. The zero-order valence-corrected chi connectivity index (χ0v) is 16.5. The van der Waals surface area contributed by atoms with E-state index in [-0.39, 0.29) is 24.5 Å². The number of hydrogen-bond donors (Lipinski definition) is 1. The number of anilines is 1. The van der Waals surface area contributed by atoms with Crippen LogP contribution < -0.4 is 5.32 Å². The minimum absolute atomic E-state index is 0.0164. The Labute approximate surface area is 169 Å². The van der Waals surface area contributed by atoms with E-state index in [0.29, 0.717) is 5.56 Å². The number of thioether (sulfide) groups is 1. The molecule has 0 aliphatic rings. The maximum Gasteiger partial charge on any atom is 0.224 e. The Kier molecular flexibility index (Phi) is 6.98. The topological polar surface area (TPSA) is 59.1 Å². The minimum Gasteiger partial charge on any atom is -0.326 e. The van der Waals surface area contributed by atoms with Crippen molar-refractivity contribution >= 4 is 29.1 Å². The van der Waals surface area contributed by atoms with E-state index in [1.54, 1.807) is 30.1 Å². The van der Waals surface area contributed by atoms with Gasteiger partial charge in [0.05, 0.1) is 0 Å². The fraction of sp³-hybridized carbons (Fsp3) is 0.174. The summed E-state index contributed by atoms with van der Waals surface area (Å²) in [6.07, 6.45) is 4.00. The van der Waals surface area contributed by atoms with Crippen LogP contribution in [0.2, 0.25) is 0 Å². The number of aromatic nitrogens is 1. The molecule has 1 heterocycles. The SMILES string of the molecule is Cc1ccc(C(=O)CCC(=O)Nc2ccc(SCc3cccnc3)cc2)cc1. The number of pyridine rings is 1. The van der Waals surface area contributed by atoms with Crippen LogP contribution in [0.4, 0.5) is 5.69 Å². The molecule has 2 aromatic carbocycles. The molecule has 28 heavy (non-hydrogen) atoms. The summed E-state index contributed by atoms with van der Waals surface area (Å²) in [5.41, 5.74) is 3.66. The average molecular weight is 391 g/mol. The molecule has 0 aliphatic heterocycles. The number of Topliss-reactive ketones (excluding diaryl/α,β-unsaturated/α-hetero) is 1. The van der Waals surface area contributed by atoms with Crippen molar-refractivity contribution < 1.29 is 9.59 Å². The van der Waals surface area contributed by atoms with Crippen LogP contribution >= 0.6 is 11.8 Å². The highest BCUT2D eigenvalue weighted by Crippen LogP contribution is 2.24. The van der Waals surface area contributed by atoms with E-state index in [1.165, 1.54) is 5.56 Å². The van der Waals surface area contributed by atoms with E-state index in [2.05, 4.69) is 10.3 Å². The third-order valence-corrected chi connectivity index (χ3v) is 5.30. The van der Waals surface area contributed by atoms with Crippen LogP contribution in [-0.4, -0.2) is 16.7 Å².